The smallest absolute Gasteiger partial charge is 0.232 e. The van der Waals surface area contributed by atoms with Gasteiger partial charge in [-0.25, -0.2) is 4.85 Å². The first-order chi connectivity index (χ1) is 13.1. The minimum absolute atomic E-state index is 0.256. The molecule has 0 aliphatic carbocycles. The highest BCUT2D eigenvalue weighted by molar-refractivity contribution is 6.32. The number of aromatic amines is 1. The fourth-order valence-corrected chi connectivity index (χ4v) is 4.39. The zero-order valence-electron chi connectivity index (χ0n) is 15.6. The molecule has 1 saturated heterocycles. The molecule has 1 fully saturated rings. The molecule has 4 rings (SSSR count). The summed E-state index contributed by atoms with van der Waals surface area (Å²) in [6.07, 6.45) is 4.03. The van der Waals surface area contributed by atoms with Crippen molar-refractivity contribution in [2.24, 2.45) is 0 Å². The largest absolute Gasteiger partial charge is 0.355 e. The van der Waals surface area contributed by atoms with Gasteiger partial charge in [0.25, 0.3) is 0 Å². The number of nitrogens with one attached hydrogen (secondary N) is 2. The Kier molecular flexibility index (Phi) is 4.90. The number of halogens is 1. The van der Waals surface area contributed by atoms with Crippen LogP contribution in [-0.2, 0) is 0 Å². The van der Waals surface area contributed by atoms with Gasteiger partial charge in [0.05, 0.1) is 6.57 Å². The van der Waals surface area contributed by atoms with E-state index in [9.17, 15) is 0 Å². The van der Waals surface area contributed by atoms with Crippen LogP contribution in [0.25, 0.3) is 27.0 Å². The summed E-state index contributed by atoms with van der Waals surface area (Å²) >= 11 is 6.19. The second kappa shape index (κ2) is 7.34. The fourth-order valence-electron chi connectivity index (χ4n) is 4.19. The number of fused-ring (bicyclic) bond motifs is 1. The van der Waals surface area contributed by atoms with Crippen LogP contribution >= 0.6 is 11.6 Å². The van der Waals surface area contributed by atoms with Gasteiger partial charge in [0.15, 0.2) is 0 Å². The van der Waals surface area contributed by atoms with E-state index in [1.807, 2.05) is 6.07 Å². The second-order valence-electron chi connectivity index (χ2n) is 7.51. The SMILES string of the molecule is [C-]#[N+]c1c(-c2[nH]c3ccc(C4CCNCC4)cc3c2C(C)C)ccnc1Cl. The molecule has 2 aromatic heterocycles. The van der Waals surface area contributed by atoms with Crippen LogP contribution in [0, 0.1) is 6.57 Å². The summed E-state index contributed by atoms with van der Waals surface area (Å²) in [5.41, 5.74) is 5.98. The zero-order chi connectivity index (χ0) is 19.0. The number of pyridine rings is 1. The van der Waals surface area contributed by atoms with E-state index in [0.29, 0.717) is 17.5 Å². The number of rotatable bonds is 3. The molecule has 0 atom stereocenters. The highest BCUT2D eigenvalue weighted by Crippen LogP contribution is 2.42. The van der Waals surface area contributed by atoms with Crippen LogP contribution < -0.4 is 5.32 Å². The number of H-pyrrole nitrogens is 1. The molecule has 2 N–H and O–H groups in total. The summed E-state index contributed by atoms with van der Waals surface area (Å²) in [6.45, 7) is 14.1. The van der Waals surface area contributed by atoms with Crippen molar-refractivity contribution in [2.75, 3.05) is 13.1 Å². The van der Waals surface area contributed by atoms with Gasteiger partial charge in [0.1, 0.15) is 5.15 Å². The Morgan fingerprint density at radius 1 is 1.22 bits per heavy atom. The molecular formula is C22H23ClN4. The van der Waals surface area contributed by atoms with Crippen LogP contribution in [0.5, 0.6) is 0 Å². The van der Waals surface area contributed by atoms with E-state index in [2.05, 4.69) is 52.2 Å². The van der Waals surface area contributed by atoms with Gasteiger partial charge in [-0.2, -0.15) is 0 Å². The average Bonchev–Trinajstić information content (AvgIpc) is 3.07. The molecule has 1 aliphatic heterocycles. The van der Waals surface area contributed by atoms with Crippen molar-refractivity contribution in [2.45, 2.75) is 38.5 Å². The summed E-state index contributed by atoms with van der Waals surface area (Å²) in [5, 5.41) is 4.95. The Hall–Kier alpha value is -2.35. The number of hydrogen-bond donors (Lipinski definition) is 2. The molecule has 3 aromatic rings. The second-order valence-corrected chi connectivity index (χ2v) is 7.87. The number of benzene rings is 1. The quantitative estimate of drug-likeness (QED) is 0.432. The van der Waals surface area contributed by atoms with Crippen molar-refractivity contribution < 1.29 is 0 Å². The van der Waals surface area contributed by atoms with Crippen molar-refractivity contribution in [3.8, 4) is 11.3 Å². The summed E-state index contributed by atoms with van der Waals surface area (Å²) in [7, 11) is 0. The van der Waals surface area contributed by atoms with E-state index in [-0.39, 0.29) is 5.15 Å². The maximum atomic E-state index is 7.54. The van der Waals surface area contributed by atoms with E-state index in [1.165, 1.54) is 29.4 Å². The minimum atomic E-state index is 0.256. The summed E-state index contributed by atoms with van der Waals surface area (Å²) in [4.78, 5) is 11.3. The van der Waals surface area contributed by atoms with Crippen molar-refractivity contribution in [1.29, 1.82) is 0 Å². The lowest BCUT2D eigenvalue weighted by Crippen LogP contribution is -2.26. The van der Waals surface area contributed by atoms with Gasteiger partial charge in [-0.3, -0.25) is 4.98 Å². The predicted octanol–water partition coefficient (Wildman–Crippen LogP) is 6.02. The maximum absolute atomic E-state index is 7.54. The van der Waals surface area contributed by atoms with Crippen LogP contribution in [0.2, 0.25) is 5.15 Å². The third-order valence-electron chi connectivity index (χ3n) is 5.51. The molecule has 0 unspecified atom stereocenters. The Labute approximate surface area is 164 Å². The van der Waals surface area contributed by atoms with E-state index >= 15 is 0 Å². The molecule has 0 saturated carbocycles. The topological polar surface area (TPSA) is 45.1 Å². The van der Waals surface area contributed by atoms with Crippen molar-refractivity contribution in [3.05, 3.63) is 58.2 Å². The Balaban J connectivity index is 1.91. The Morgan fingerprint density at radius 3 is 2.70 bits per heavy atom. The molecule has 0 spiro atoms. The van der Waals surface area contributed by atoms with Gasteiger partial charge in [0.2, 0.25) is 5.69 Å². The predicted molar refractivity (Wildman–Crippen MR) is 112 cm³/mol. The highest BCUT2D eigenvalue weighted by atomic mass is 35.5. The van der Waals surface area contributed by atoms with E-state index in [1.54, 1.807) is 6.20 Å². The van der Waals surface area contributed by atoms with Crippen molar-refractivity contribution >= 4 is 28.2 Å². The van der Waals surface area contributed by atoms with E-state index in [0.717, 1.165) is 29.9 Å². The monoisotopic (exact) mass is 378 g/mol. The Bertz CT molecular complexity index is 1020. The first-order valence-corrected chi connectivity index (χ1v) is 9.86. The van der Waals surface area contributed by atoms with E-state index in [4.69, 9.17) is 18.2 Å². The molecule has 0 radical (unpaired) electrons. The molecule has 4 nitrogen and oxygen atoms in total. The molecule has 138 valence electrons. The van der Waals surface area contributed by atoms with Gasteiger partial charge in [-0.05, 0) is 67.1 Å². The van der Waals surface area contributed by atoms with Crippen molar-refractivity contribution in [1.82, 2.24) is 15.3 Å². The maximum Gasteiger partial charge on any atom is 0.232 e. The summed E-state index contributed by atoms with van der Waals surface area (Å²) in [5.74, 6) is 0.936. The third-order valence-corrected chi connectivity index (χ3v) is 5.79. The number of nitrogens with zero attached hydrogens (tertiary/aromatic N) is 2. The lowest BCUT2D eigenvalue weighted by Gasteiger charge is -2.23. The minimum Gasteiger partial charge on any atom is -0.355 e. The number of piperidine rings is 1. The molecule has 1 aromatic carbocycles. The first kappa shape index (κ1) is 18.0. The lowest BCUT2D eigenvalue weighted by molar-refractivity contribution is 0.460. The van der Waals surface area contributed by atoms with Crippen LogP contribution in [0.1, 0.15) is 49.7 Å². The number of hydrogen-bond acceptors (Lipinski definition) is 2. The average molecular weight is 379 g/mol. The van der Waals surface area contributed by atoms with Gasteiger partial charge in [-0.1, -0.05) is 31.5 Å². The number of aromatic nitrogens is 2. The van der Waals surface area contributed by atoms with E-state index < -0.39 is 0 Å². The van der Waals surface area contributed by atoms with Gasteiger partial charge in [-0.15, -0.1) is 0 Å². The van der Waals surface area contributed by atoms with Crippen LogP contribution in [0.4, 0.5) is 5.69 Å². The van der Waals surface area contributed by atoms with Crippen LogP contribution in [-0.4, -0.2) is 23.1 Å². The van der Waals surface area contributed by atoms with Gasteiger partial charge < -0.3 is 10.3 Å². The molecule has 0 amide bonds. The third kappa shape index (κ3) is 3.22. The molecule has 0 bridgehead atoms. The Morgan fingerprint density at radius 2 is 2.00 bits per heavy atom. The van der Waals surface area contributed by atoms with Crippen molar-refractivity contribution in [3.63, 3.8) is 0 Å². The van der Waals surface area contributed by atoms with Gasteiger partial charge in [0, 0.05) is 28.4 Å². The fraction of sp³-hybridized carbons (Fsp3) is 0.364. The standard InChI is InChI=1S/C22H23ClN4/c1-13(2)19-17-12-15(14-6-9-25-10-7-14)4-5-18(17)27-20(19)16-8-11-26-22(23)21(16)24-3/h4-5,8,11-14,25,27H,6-7,9-10H2,1-2H3. The zero-order valence-corrected chi connectivity index (χ0v) is 16.4. The highest BCUT2D eigenvalue weighted by Gasteiger charge is 2.22. The van der Waals surface area contributed by atoms with Crippen LogP contribution in [0.3, 0.4) is 0 Å². The summed E-state index contributed by atoms with van der Waals surface area (Å²) < 4.78 is 0. The first-order valence-electron chi connectivity index (χ1n) is 9.48. The molecule has 1 aliphatic rings. The lowest BCUT2D eigenvalue weighted by atomic mass is 9.88. The molecule has 5 heteroatoms. The molecule has 27 heavy (non-hydrogen) atoms. The normalized spacial score (nSPS) is 15.4. The molecular weight excluding hydrogens is 356 g/mol. The summed E-state index contributed by atoms with van der Waals surface area (Å²) in [6, 6.07) is 8.66. The van der Waals surface area contributed by atoms with Crippen LogP contribution in [0.15, 0.2) is 30.5 Å². The van der Waals surface area contributed by atoms with Gasteiger partial charge >= 0.3 is 0 Å². The molecule has 3 heterocycles.